The summed E-state index contributed by atoms with van der Waals surface area (Å²) in [6.07, 6.45) is 1.43. The highest BCUT2D eigenvalue weighted by atomic mass is 32.1. The van der Waals surface area contributed by atoms with Crippen molar-refractivity contribution in [3.63, 3.8) is 0 Å². The van der Waals surface area contributed by atoms with Crippen LogP contribution in [0, 0.1) is 10.1 Å². The first-order chi connectivity index (χ1) is 18.9. The number of thiazole rings is 1. The molecule has 3 heterocycles. The minimum Gasteiger partial charge on any atom is -0.494 e. The van der Waals surface area contributed by atoms with Gasteiger partial charge >= 0.3 is 11.9 Å². The van der Waals surface area contributed by atoms with Crippen LogP contribution in [0.3, 0.4) is 0 Å². The lowest BCUT2D eigenvalue weighted by Gasteiger charge is -2.26. The van der Waals surface area contributed by atoms with E-state index in [1.807, 2.05) is 37.3 Å². The third-order valence-corrected chi connectivity index (χ3v) is 6.93. The van der Waals surface area contributed by atoms with E-state index in [-0.39, 0.29) is 22.5 Å². The molecular weight excluding hydrogens is 522 g/mol. The molecule has 0 bridgehead atoms. The fraction of sp³-hybridized carbons (Fsp3) is 0.179. The van der Waals surface area contributed by atoms with E-state index in [4.69, 9.17) is 18.9 Å². The van der Waals surface area contributed by atoms with Gasteiger partial charge < -0.3 is 13.9 Å². The summed E-state index contributed by atoms with van der Waals surface area (Å²) in [5.74, 6) is -0.220. The lowest BCUT2D eigenvalue weighted by Crippen LogP contribution is -2.40. The first kappa shape index (κ1) is 25.9. The molecular formula is C28H23N3O7S. The Balaban J connectivity index is 1.78. The Morgan fingerprint density at radius 1 is 1.10 bits per heavy atom. The van der Waals surface area contributed by atoms with Gasteiger partial charge in [0, 0.05) is 11.6 Å². The SMILES string of the molecule is CCOC(=O)C1=C(c2ccccc2)N=c2sc(=Cc3ccc([N+](=O)[O-])o3)c(=O)n2[C@@H]1c1ccc(OCC)cc1. The molecule has 4 aromatic rings. The summed E-state index contributed by atoms with van der Waals surface area (Å²) in [4.78, 5) is 42.8. The highest BCUT2D eigenvalue weighted by Crippen LogP contribution is 2.35. The van der Waals surface area contributed by atoms with Crippen molar-refractivity contribution in [2.24, 2.45) is 4.99 Å². The zero-order valence-corrected chi connectivity index (χ0v) is 21.8. The fourth-order valence-electron chi connectivity index (χ4n) is 4.32. The number of hydrogen-bond acceptors (Lipinski definition) is 9. The third-order valence-electron chi connectivity index (χ3n) is 5.95. The van der Waals surface area contributed by atoms with Gasteiger partial charge in [-0.25, -0.2) is 9.79 Å². The number of furan rings is 1. The molecule has 0 fully saturated rings. The normalized spacial score (nSPS) is 15.0. The number of ether oxygens (including phenoxy) is 2. The van der Waals surface area contributed by atoms with Crippen molar-refractivity contribution in [1.29, 1.82) is 0 Å². The van der Waals surface area contributed by atoms with Gasteiger partial charge in [-0.15, -0.1) is 0 Å². The second kappa shape index (κ2) is 10.9. The standard InChI is InChI=1S/C28H23N3O7S/c1-3-36-19-12-10-18(11-13-19)25-23(27(33)37-4-2)24(17-8-6-5-7-9-17)29-28-30(25)26(32)21(39-28)16-20-14-15-22(38-20)31(34)35/h5-16,25H,3-4H2,1-2H3/t25-/m1/s1. The number of fused-ring (bicyclic) bond motifs is 1. The predicted molar refractivity (Wildman–Crippen MR) is 144 cm³/mol. The monoisotopic (exact) mass is 545 g/mol. The molecule has 39 heavy (non-hydrogen) atoms. The molecule has 0 radical (unpaired) electrons. The summed E-state index contributed by atoms with van der Waals surface area (Å²) in [6, 6.07) is 18.2. The van der Waals surface area contributed by atoms with Crippen LogP contribution in [-0.2, 0) is 9.53 Å². The Morgan fingerprint density at radius 3 is 2.49 bits per heavy atom. The number of nitrogens with zero attached hydrogens (tertiary/aromatic N) is 3. The number of hydrogen-bond donors (Lipinski definition) is 0. The van der Waals surface area contributed by atoms with E-state index in [0.29, 0.717) is 34.0 Å². The summed E-state index contributed by atoms with van der Waals surface area (Å²) in [6.45, 7) is 4.23. The molecule has 0 N–H and O–H groups in total. The van der Waals surface area contributed by atoms with E-state index in [0.717, 1.165) is 11.3 Å². The molecule has 11 heteroatoms. The van der Waals surface area contributed by atoms with Crippen molar-refractivity contribution in [1.82, 2.24) is 4.57 Å². The number of esters is 1. The van der Waals surface area contributed by atoms with Gasteiger partial charge in [0.1, 0.15) is 16.4 Å². The van der Waals surface area contributed by atoms with E-state index < -0.39 is 28.4 Å². The zero-order valence-electron chi connectivity index (χ0n) is 21.0. The summed E-state index contributed by atoms with van der Waals surface area (Å²) >= 11 is 1.10. The Labute approximate surface area is 225 Å². The van der Waals surface area contributed by atoms with Crippen LogP contribution in [0.5, 0.6) is 5.75 Å². The van der Waals surface area contributed by atoms with Crippen LogP contribution < -0.4 is 19.6 Å². The van der Waals surface area contributed by atoms with Gasteiger partial charge in [0.15, 0.2) is 4.80 Å². The van der Waals surface area contributed by atoms with Crippen LogP contribution in [0.1, 0.15) is 36.8 Å². The molecule has 0 amide bonds. The van der Waals surface area contributed by atoms with E-state index >= 15 is 0 Å². The van der Waals surface area contributed by atoms with Crippen molar-refractivity contribution in [3.05, 3.63) is 119 Å². The minimum atomic E-state index is -0.848. The average molecular weight is 546 g/mol. The van der Waals surface area contributed by atoms with Crippen molar-refractivity contribution < 1.29 is 23.6 Å². The van der Waals surface area contributed by atoms with E-state index in [1.165, 1.54) is 22.8 Å². The Hall–Kier alpha value is -4.77. The van der Waals surface area contributed by atoms with Gasteiger partial charge in [0.05, 0.1) is 41.1 Å². The molecule has 1 aliphatic rings. The van der Waals surface area contributed by atoms with E-state index in [9.17, 15) is 19.7 Å². The molecule has 5 rings (SSSR count). The largest absolute Gasteiger partial charge is 0.494 e. The minimum absolute atomic E-state index is 0.141. The molecule has 0 unspecified atom stereocenters. The summed E-state index contributed by atoms with van der Waals surface area (Å²) in [5, 5.41) is 11.0. The Kier molecular flexibility index (Phi) is 7.24. The second-order valence-electron chi connectivity index (χ2n) is 8.37. The molecule has 1 atom stereocenters. The fourth-order valence-corrected chi connectivity index (χ4v) is 5.30. The van der Waals surface area contributed by atoms with Gasteiger partial charge in [-0.1, -0.05) is 53.8 Å². The topological polar surface area (TPSA) is 126 Å². The number of aromatic nitrogens is 1. The van der Waals surface area contributed by atoms with Crippen molar-refractivity contribution in [3.8, 4) is 5.75 Å². The first-order valence-electron chi connectivity index (χ1n) is 12.2. The van der Waals surface area contributed by atoms with E-state index in [1.54, 1.807) is 31.2 Å². The molecule has 198 valence electrons. The number of rotatable bonds is 8. The quantitative estimate of drug-likeness (QED) is 0.187. The van der Waals surface area contributed by atoms with Gasteiger partial charge in [-0.3, -0.25) is 19.5 Å². The van der Waals surface area contributed by atoms with Gasteiger partial charge in [-0.05, 0) is 37.6 Å². The molecule has 0 saturated heterocycles. The van der Waals surface area contributed by atoms with Gasteiger partial charge in [-0.2, -0.15) is 0 Å². The van der Waals surface area contributed by atoms with Crippen LogP contribution in [0.2, 0.25) is 0 Å². The van der Waals surface area contributed by atoms with Gasteiger partial charge in [0.25, 0.3) is 5.56 Å². The van der Waals surface area contributed by atoms with Gasteiger partial charge in [0.2, 0.25) is 0 Å². The number of nitro groups is 1. The van der Waals surface area contributed by atoms with Crippen LogP contribution in [0.25, 0.3) is 11.8 Å². The summed E-state index contributed by atoms with van der Waals surface area (Å²) < 4.78 is 18.0. The van der Waals surface area contributed by atoms with Crippen LogP contribution in [0.4, 0.5) is 5.88 Å². The van der Waals surface area contributed by atoms with Crippen LogP contribution in [0.15, 0.2) is 86.5 Å². The van der Waals surface area contributed by atoms with Crippen LogP contribution in [-0.4, -0.2) is 28.7 Å². The molecule has 2 aromatic carbocycles. The smallest absolute Gasteiger partial charge is 0.433 e. The third kappa shape index (κ3) is 5.04. The Bertz CT molecular complexity index is 1750. The highest BCUT2D eigenvalue weighted by Gasteiger charge is 2.35. The lowest BCUT2D eigenvalue weighted by atomic mass is 9.93. The Morgan fingerprint density at radius 2 is 1.85 bits per heavy atom. The molecule has 10 nitrogen and oxygen atoms in total. The molecule has 0 aliphatic carbocycles. The maximum atomic E-state index is 13.8. The van der Waals surface area contributed by atoms with Crippen LogP contribution >= 0.6 is 11.3 Å². The second-order valence-corrected chi connectivity index (χ2v) is 9.38. The summed E-state index contributed by atoms with van der Waals surface area (Å²) in [5.41, 5.74) is 1.54. The molecule has 2 aromatic heterocycles. The lowest BCUT2D eigenvalue weighted by molar-refractivity contribution is -0.402. The summed E-state index contributed by atoms with van der Waals surface area (Å²) in [7, 11) is 0. The van der Waals surface area contributed by atoms with E-state index in [2.05, 4.69) is 0 Å². The zero-order chi connectivity index (χ0) is 27.5. The molecule has 0 saturated carbocycles. The highest BCUT2D eigenvalue weighted by molar-refractivity contribution is 7.07. The van der Waals surface area contributed by atoms with Crippen molar-refractivity contribution in [2.75, 3.05) is 13.2 Å². The number of benzene rings is 2. The maximum Gasteiger partial charge on any atom is 0.433 e. The molecule has 1 aliphatic heterocycles. The van der Waals surface area contributed by atoms with Crippen molar-refractivity contribution >= 4 is 35.0 Å². The predicted octanol–water partition coefficient (Wildman–Crippen LogP) is 3.84. The molecule has 0 spiro atoms. The van der Waals surface area contributed by atoms with Crippen molar-refractivity contribution in [2.45, 2.75) is 19.9 Å². The average Bonchev–Trinajstić information content (AvgIpc) is 3.54. The number of carbonyl (C=O) groups is 1. The maximum absolute atomic E-state index is 13.8. The first-order valence-corrected chi connectivity index (χ1v) is 13.0. The number of carbonyl (C=O) groups excluding carboxylic acids is 1.